The van der Waals surface area contributed by atoms with E-state index in [2.05, 4.69) is 26.3 Å². The van der Waals surface area contributed by atoms with E-state index in [0.29, 0.717) is 11.1 Å². The second-order valence-electron chi connectivity index (χ2n) is 2.70. The van der Waals surface area contributed by atoms with Gasteiger partial charge in [-0.3, -0.25) is 9.59 Å². The second-order valence-corrected chi connectivity index (χ2v) is 2.70. The Labute approximate surface area is 85.3 Å². The number of carbonyl (C=O) groups is 2. The molecule has 2 heteroatoms. The van der Waals surface area contributed by atoms with Gasteiger partial charge >= 0.3 is 0 Å². The van der Waals surface area contributed by atoms with E-state index in [-0.39, 0.29) is 11.6 Å². The summed E-state index contributed by atoms with van der Waals surface area (Å²) in [5.41, 5.74) is 1.11. The van der Waals surface area contributed by atoms with Crippen LogP contribution in [0.15, 0.2) is 49.6 Å². The molecule has 0 amide bonds. The standard InChI is InChI=1S/C7H10O.C5H6O/c1-5(2)7(8)6(3)4;1-3-5(6)4-2/h1,3H2,2,4H3;3-4H,1-2H2. The first kappa shape index (κ1) is 14.8. The summed E-state index contributed by atoms with van der Waals surface area (Å²) in [7, 11) is 0. The number of ketones is 2. The highest BCUT2D eigenvalue weighted by molar-refractivity contribution is 6.06. The molecular weight excluding hydrogens is 176 g/mol. The van der Waals surface area contributed by atoms with Gasteiger partial charge in [-0.05, 0) is 37.1 Å². The first-order valence-corrected chi connectivity index (χ1v) is 4.01. The smallest absolute Gasteiger partial charge is 0.183 e. The van der Waals surface area contributed by atoms with E-state index < -0.39 is 0 Å². The molecule has 0 rings (SSSR count). The van der Waals surface area contributed by atoms with Crippen molar-refractivity contribution in [1.82, 2.24) is 0 Å². The van der Waals surface area contributed by atoms with Gasteiger partial charge in [0.15, 0.2) is 11.6 Å². The van der Waals surface area contributed by atoms with Crippen molar-refractivity contribution in [2.75, 3.05) is 0 Å². The molecule has 0 saturated carbocycles. The Morgan fingerprint density at radius 1 is 0.929 bits per heavy atom. The first-order valence-electron chi connectivity index (χ1n) is 4.01. The van der Waals surface area contributed by atoms with Crippen LogP contribution in [0.25, 0.3) is 0 Å². The highest BCUT2D eigenvalue weighted by atomic mass is 16.1. The highest BCUT2D eigenvalue weighted by Gasteiger charge is 1.99. The lowest BCUT2D eigenvalue weighted by Gasteiger charge is -1.92. The van der Waals surface area contributed by atoms with Gasteiger partial charge in [0, 0.05) is 0 Å². The van der Waals surface area contributed by atoms with Crippen molar-refractivity contribution in [1.29, 1.82) is 0 Å². The summed E-state index contributed by atoms with van der Waals surface area (Å²) in [4.78, 5) is 20.6. The lowest BCUT2D eigenvalue weighted by Crippen LogP contribution is -1.97. The molecule has 0 aliphatic carbocycles. The second kappa shape index (κ2) is 7.92. The van der Waals surface area contributed by atoms with Gasteiger partial charge in [-0.1, -0.05) is 26.3 Å². The molecule has 0 bridgehead atoms. The molecule has 0 aliphatic rings. The highest BCUT2D eigenvalue weighted by Crippen LogP contribution is 1.97. The van der Waals surface area contributed by atoms with Crippen LogP contribution in [0.5, 0.6) is 0 Å². The number of Topliss-reactive ketones (excluding diaryl/α,β-unsaturated/α-hetero) is 1. The molecule has 0 spiro atoms. The van der Waals surface area contributed by atoms with Crippen LogP contribution in [0.3, 0.4) is 0 Å². The molecule has 0 aliphatic heterocycles. The molecule has 0 unspecified atom stereocenters. The van der Waals surface area contributed by atoms with Gasteiger partial charge in [-0.2, -0.15) is 0 Å². The summed E-state index contributed by atoms with van der Waals surface area (Å²) in [6, 6.07) is 0. The molecule has 14 heavy (non-hydrogen) atoms. The van der Waals surface area contributed by atoms with Crippen molar-refractivity contribution in [3.8, 4) is 0 Å². The number of hydrogen-bond acceptors (Lipinski definition) is 2. The number of carbonyl (C=O) groups excluding carboxylic acids is 2. The number of hydrogen-bond donors (Lipinski definition) is 0. The normalized spacial score (nSPS) is 7.57. The average molecular weight is 192 g/mol. The monoisotopic (exact) mass is 192 g/mol. The van der Waals surface area contributed by atoms with Crippen molar-refractivity contribution in [2.24, 2.45) is 0 Å². The van der Waals surface area contributed by atoms with E-state index >= 15 is 0 Å². The molecule has 0 N–H and O–H groups in total. The minimum Gasteiger partial charge on any atom is -0.290 e. The van der Waals surface area contributed by atoms with Crippen LogP contribution in [0.2, 0.25) is 0 Å². The average Bonchev–Trinajstić information content (AvgIpc) is 2.15. The molecule has 0 aromatic rings. The zero-order chi connectivity index (χ0) is 11.7. The Morgan fingerprint density at radius 2 is 1.21 bits per heavy atom. The maximum Gasteiger partial charge on any atom is 0.183 e. The largest absolute Gasteiger partial charge is 0.290 e. The molecule has 0 atom stereocenters. The van der Waals surface area contributed by atoms with Gasteiger partial charge in [0.05, 0.1) is 0 Å². The fourth-order valence-corrected chi connectivity index (χ4v) is 0.448. The number of rotatable bonds is 4. The minimum absolute atomic E-state index is 0.0370. The van der Waals surface area contributed by atoms with Gasteiger partial charge in [-0.25, -0.2) is 0 Å². The third-order valence-corrected chi connectivity index (χ3v) is 1.18. The van der Waals surface area contributed by atoms with Gasteiger partial charge < -0.3 is 0 Å². The molecule has 0 saturated heterocycles. The lowest BCUT2D eigenvalue weighted by molar-refractivity contribution is -0.112. The molecule has 76 valence electrons. The quantitative estimate of drug-likeness (QED) is 0.642. The summed E-state index contributed by atoms with van der Waals surface area (Å²) < 4.78 is 0. The maximum absolute atomic E-state index is 10.6. The molecule has 0 aromatic heterocycles. The minimum atomic E-state index is -0.130. The third kappa shape index (κ3) is 8.40. The third-order valence-electron chi connectivity index (χ3n) is 1.18. The van der Waals surface area contributed by atoms with Crippen LogP contribution < -0.4 is 0 Å². The van der Waals surface area contributed by atoms with Crippen LogP contribution >= 0.6 is 0 Å². The summed E-state index contributed by atoms with van der Waals surface area (Å²) >= 11 is 0. The predicted molar refractivity (Wildman–Crippen MR) is 60.0 cm³/mol. The summed E-state index contributed by atoms with van der Waals surface area (Å²) in [5.74, 6) is -0.167. The molecule has 0 aromatic carbocycles. The van der Waals surface area contributed by atoms with Crippen LogP contribution in [0, 0.1) is 0 Å². The SMILES string of the molecule is C=C(C)C(=O)C(=C)C.C=CC(=O)C=C. The van der Waals surface area contributed by atoms with Gasteiger partial charge in [0.2, 0.25) is 0 Å². The molecule has 0 heterocycles. The Kier molecular flexibility index (Phi) is 8.38. The van der Waals surface area contributed by atoms with E-state index in [1.165, 1.54) is 12.2 Å². The number of allylic oxidation sites excluding steroid dienone is 4. The van der Waals surface area contributed by atoms with Crippen LogP contribution in [0.1, 0.15) is 13.8 Å². The van der Waals surface area contributed by atoms with Crippen molar-refractivity contribution in [2.45, 2.75) is 13.8 Å². The van der Waals surface area contributed by atoms with Crippen molar-refractivity contribution < 1.29 is 9.59 Å². The summed E-state index contributed by atoms with van der Waals surface area (Å²) in [6.45, 7) is 16.7. The van der Waals surface area contributed by atoms with E-state index in [4.69, 9.17) is 0 Å². The van der Waals surface area contributed by atoms with E-state index in [1.54, 1.807) is 13.8 Å². The summed E-state index contributed by atoms with van der Waals surface area (Å²) in [6.07, 6.45) is 2.43. The van der Waals surface area contributed by atoms with Crippen molar-refractivity contribution in [3.05, 3.63) is 49.6 Å². The maximum atomic E-state index is 10.6. The lowest BCUT2D eigenvalue weighted by atomic mass is 10.1. The van der Waals surface area contributed by atoms with Gasteiger partial charge in [0.1, 0.15) is 0 Å². The molecule has 2 nitrogen and oxygen atoms in total. The fourth-order valence-electron chi connectivity index (χ4n) is 0.448. The zero-order valence-corrected chi connectivity index (χ0v) is 8.80. The van der Waals surface area contributed by atoms with Crippen LogP contribution in [-0.2, 0) is 9.59 Å². The van der Waals surface area contributed by atoms with Crippen LogP contribution in [-0.4, -0.2) is 11.6 Å². The molecule has 0 fully saturated rings. The van der Waals surface area contributed by atoms with Crippen molar-refractivity contribution >= 4 is 11.6 Å². The van der Waals surface area contributed by atoms with E-state index in [0.717, 1.165) is 0 Å². The Morgan fingerprint density at radius 3 is 1.21 bits per heavy atom. The van der Waals surface area contributed by atoms with Gasteiger partial charge in [-0.15, -0.1) is 0 Å². The predicted octanol–water partition coefficient (Wildman–Crippen LogP) is 2.64. The zero-order valence-electron chi connectivity index (χ0n) is 8.80. The first-order chi connectivity index (χ1) is 6.36. The molecular formula is C12H16O2. The Bertz CT molecular complexity index is 257. The fraction of sp³-hybridized carbons (Fsp3) is 0.167. The summed E-state index contributed by atoms with van der Waals surface area (Å²) in [5, 5.41) is 0. The van der Waals surface area contributed by atoms with Crippen molar-refractivity contribution in [3.63, 3.8) is 0 Å². The Balaban J connectivity index is 0. The Hall–Kier alpha value is -1.70. The topological polar surface area (TPSA) is 34.1 Å². The molecule has 0 radical (unpaired) electrons. The van der Waals surface area contributed by atoms with Gasteiger partial charge in [0.25, 0.3) is 0 Å². The van der Waals surface area contributed by atoms with E-state index in [1.807, 2.05) is 0 Å². The van der Waals surface area contributed by atoms with E-state index in [9.17, 15) is 9.59 Å². The van der Waals surface area contributed by atoms with Crippen LogP contribution in [0.4, 0.5) is 0 Å².